The average Bonchev–Trinajstić information content (AvgIpc) is 2.72. The first-order chi connectivity index (χ1) is 13.8. The Hall–Kier alpha value is -2.08. The summed E-state index contributed by atoms with van der Waals surface area (Å²) < 4.78 is 5.54. The number of nitrogens with one attached hydrogen (secondary N) is 2. The van der Waals surface area contributed by atoms with Crippen LogP contribution in [0.5, 0.6) is 0 Å². The molecule has 0 aliphatic carbocycles. The number of hydrogen-bond donors (Lipinski definition) is 2. The number of hydrogen-bond acceptors (Lipinski definition) is 3. The van der Waals surface area contributed by atoms with E-state index in [1.807, 2.05) is 43.9 Å². The van der Waals surface area contributed by atoms with Gasteiger partial charge in [-0.2, -0.15) is 0 Å². The minimum atomic E-state index is -0.493. The lowest BCUT2D eigenvalue weighted by Gasteiger charge is -2.37. The zero-order chi connectivity index (χ0) is 20.9. The highest BCUT2D eigenvalue weighted by Crippen LogP contribution is 2.35. The molecule has 1 aromatic rings. The van der Waals surface area contributed by atoms with Crippen molar-refractivity contribution in [3.05, 3.63) is 35.9 Å². The van der Waals surface area contributed by atoms with Gasteiger partial charge in [0, 0.05) is 38.4 Å². The summed E-state index contributed by atoms with van der Waals surface area (Å²) in [5, 5.41) is 6.26. The third-order valence-corrected chi connectivity index (χ3v) is 6.04. The Bertz CT molecular complexity index is 685. The van der Waals surface area contributed by atoms with Crippen molar-refractivity contribution >= 4 is 11.9 Å². The fourth-order valence-corrected chi connectivity index (χ4v) is 4.27. The molecule has 3 rings (SSSR count). The first-order valence-electron chi connectivity index (χ1n) is 10.8. The van der Waals surface area contributed by atoms with E-state index in [9.17, 15) is 9.59 Å². The van der Waals surface area contributed by atoms with Gasteiger partial charge in [0.2, 0.25) is 5.91 Å². The van der Waals surface area contributed by atoms with Gasteiger partial charge in [0.1, 0.15) is 0 Å². The molecule has 1 aromatic carbocycles. The van der Waals surface area contributed by atoms with Crippen LogP contribution >= 0.6 is 0 Å². The van der Waals surface area contributed by atoms with Gasteiger partial charge in [0.25, 0.3) is 0 Å². The number of likely N-dealkylation sites (tertiary alicyclic amines) is 1. The van der Waals surface area contributed by atoms with E-state index in [4.69, 9.17) is 4.74 Å². The number of urea groups is 1. The maximum atomic E-state index is 13.3. The molecule has 2 N–H and O–H groups in total. The smallest absolute Gasteiger partial charge is 0.317 e. The first kappa shape index (κ1) is 21.6. The predicted octanol–water partition coefficient (Wildman–Crippen LogP) is 3.07. The van der Waals surface area contributed by atoms with Gasteiger partial charge in [-0.05, 0) is 57.9 Å². The van der Waals surface area contributed by atoms with E-state index in [0.29, 0.717) is 38.5 Å². The van der Waals surface area contributed by atoms with Crippen molar-refractivity contribution in [2.45, 2.75) is 57.4 Å². The summed E-state index contributed by atoms with van der Waals surface area (Å²) in [5.41, 5.74) is 0.360. The van der Waals surface area contributed by atoms with Crippen LogP contribution < -0.4 is 10.6 Å². The monoisotopic (exact) mass is 401 g/mol. The van der Waals surface area contributed by atoms with E-state index in [0.717, 1.165) is 31.5 Å². The highest BCUT2D eigenvalue weighted by molar-refractivity contribution is 5.88. The van der Waals surface area contributed by atoms with Gasteiger partial charge in [-0.15, -0.1) is 0 Å². The Balaban J connectivity index is 1.53. The van der Waals surface area contributed by atoms with Crippen LogP contribution in [0, 0.1) is 5.92 Å². The molecule has 29 heavy (non-hydrogen) atoms. The van der Waals surface area contributed by atoms with Gasteiger partial charge in [0.15, 0.2) is 0 Å². The fourth-order valence-electron chi connectivity index (χ4n) is 4.27. The van der Waals surface area contributed by atoms with Crippen LogP contribution in [0.1, 0.15) is 52.0 Å². The van der Waals surface area contributed by atoms with Crippen molar-refractivity contribution in [3.8, 4) is 0 Å². The van der Waals surface area contributed by atoms with Crippen molar-refractivity contribution in [3.63, 3.8) is 0 Å². The number of ether oxygens (including phenoxy) is 1. The van der Waals surface area contributed by atoms with Crippen molar-refractivity contribution in [2.75, 3.05) is 32.8 Å². The van der Waals surface area contributed by atoms with Crippen LogP contribution in [0.3, 0.4) is 0 Å². The van der Waals surface area contributed by atoms with Crippen molar-refractivity contribution in [2.24, 2.45) is 5.92 Å². The van der Waals surface area contributed by atoms with Crippen molar-refractivity contribution < 1.29 is 14.3 Å². The lowest BCUT2D eigenvalue weighted by Crippen LogP contribution is -2.52. The van der Waals surface area contributed by atoms with E-state index < -0.39 is 5.41 Å². The molecule has 2 aliphatic heterocycles. The SMILES string of the molecule is CC(C)(C)NC(=O)N1CCC(CNC(=O)C2(c3ccccc3)CCOCC2)CC1. The molecule has 2 heterocycles. The highest BCUT2D eigenvalue weighted by atomic mass is 16.5. The van der Waals surface area contributed by atoms with Gasteiger partial charge in [-0.3, -0.25) is 4.79 Å². The summed E-state index contributed by atoms with van der Waals surface area (Å²) >= 11 is 0. The summed E-state index contributed by atoms with van der Waals surface area (Å²) in [6, 6.07) is 10.1. The summed E-state index contributed by atoms with van der Waals surface area (Å²) in [4.78, 5) is 27.5. The van der Waals surface area contributed by atoms with Crippen LogP contribution in [-0.2, 0) is 14.9 Å². The van der Waals surface area contributed by atoms with E-state index >= 15 is 0 Å². The molecule has 0 radical (unpaired) electrons. The second kappa shape index (κ2) is 9.16. The van der Waals surface area contributed by atoms with Gasteiger partial charge in [-0.25, -0.2) is 4.79 Å². The predicted molar refractivity (Wildman–Crippen MR) is 114 cm³/mol. The van der Waals surface area contributed by atoms with Crippen LogP contribution in [0.15, 0.2) is 30.3 Å². The standard InChI is InChI=1S/C23H35N3O3/c1-22(2,3)25-21(28)26-13-9-18(10-14-26)17-24-20(27)23(11-15-29-16-12-23)19-7-5-4-6-8-19/h4-8,18H,9-17H2,1-3H3,(H,24,27)(H,25,28). The topological polar surface area (TPSA) is 70.7 Å². The Morgan fingerprint density at radius 2 is 1.72 bits per heavy atom. The highest BCUT2D eigenvalue weighted by Gasteiger charge is 2.41. The molecule has 0 spiro atoms. The molecule has 0 unspecified atom stereocenters. The molecular formula is C23H35N3O3. The maximum absolute atomic E-state index is 13.3. The zero-order valence-corrected chi connectivity index (χ0v) is 18.0. The molecule has 0 saturated carbocycles. The van der Waals surface area contributed by atoms with Crippen LogP contribution in [0.2, 0.25) is 0 Å². The minimum absolute atomic E-state index is 0.00483. The number of benzene rings is 1. The summed E-state index contributed by atoms with van der Waals surface area (Å²) in [6.45, 7) is 9.35. The van der Waals surface area contributed by atoms with Gasteiger partial charge in [0.05, 0.1) is 5.41 Å². The fraction of sp³-hybridized carbons (Fsp3) is 0.652. The first-order valence-corrected chi connectivity index (χ1v) is 10.8. The Kier molecular flexibility index (Phi) is 6.83. The van der Waals surface area contributed by atoms with Gasteiger partial charge >= 0.3 is 6.03 Å². The molecule has 0 bridgehead atoms. The summed E-state index contributed by atoms with van der Waals surface area (Å²) in [5.74, 6) is 0.519. The zero-order valence-electron chi connectivity index (χ0n) is 18.0. The molecular weight excluding hydrogens is 366 g/mol. The third-order valence-electron chi connectivity index (χ3n) is 6.04. The Morgan fingerprint density at radius 1 is 1.10 bits per heavy atom. The van der Waals surface area contributed by atoms with E-state index in [-0.39, 0.29) is 17.5 Å². The minimum Gasteiger partial charge on any atom is -0.381 e. The lowest BCUT2D eigenvalue weighted by atomic mass is 9.73. The molecule has 160 valence electrons. The number of carbonyl (C=O) groups is 2. The molecule has 2 aliphatic rings. The van der Waals surface area contributed by atoms with E-state index in [2.05, 4.69) is 22.8 Å². The van der Waals surface area contributed by atoms with Gasteiger partial charge < -0.3 is 20.3 Å². The van der Waals surface area contributed by atoms with Gasteiger partial charge in [-0.1, -0.05) is 30.3 Å². The largest absolute Gasteiger partial charge is 0.381 e. The number of amides is 3. The molecule has 2 fully saturated rings. The van der Waals surface area contributed by atoms with Crippen LogP contribution in [0.25, 0.3) is 0 Å². The molecule has 2 saturated heterocycles. The molecule has 3 amide bonds. The quantitative estimate of drug-likeness (QED) is 0.815. The Morgan fingerprint density at radius 3 is 2.31 bits per heavy atom. The number of rotatable bonds is 4. The number of carbonyl (C=O) groups excluding carboxylic acids is 2. The molecule has 0 atom stereocenters. The molecule has 6 nitrogen and oxygen atoms in total. The van der Waals surface area contributed by atoms with Crippen LogP contribution in [-0.4, -0.2) is 55.2 Å². The van der Waals surface area contributed by atoms with Crippen molar-refractivity contribution in [1.82, 2.24) is 15.5 Å². The average molecular weight is 402 g/mol. The lowest BCUT2D eigenvalue weighted by molar-refractivity contribution is -0.130. The molecule has 0 aromatic heterocycles. The summed E-state index contributed by atoms with van der Waals surface area (Å²) in [6.07, 6.45) is 3.26. The number of piperidine rings is 1. The normalized spacial score (nSPS) is 20.2. The number of nitrogens with zero attached hydrogens (tertiary/aromatic N) is 1. The maximum Gasteiger partial charge on any atom is 0.317 e. The molecule has 6 heteroatoms. The van der Waals surface area contributed by atoms with E-state index in [1.165, 1.54) is 0 Å². The summed E-state index contributed by atoms with van der Waals surface area (Å²) in [7, 11) is 0. The van der Waals surface area contributed by atoms with Crippen molar-refractivity contribution in [1.29, 1.82) is 0 Å². The van der Waals surface area contributed by atoms with E-state index in [1.54, 1.807) is 0 Å². The van der Waals surface area contributed by atoms with Crippen LogP contribution in [0.4, 0.5) is 4.79 Å². The second-order valence-corrected chi connectivity index (χ2v) is 9.38. The third kappa shape index (κ3) is 5.50. The Labute approximate surface area is 174 Å². The second-order valence-electron chi connectivity index (χ2n) is 9.38.